The van der Waals surface area contributed by atoms with Gasteiger partial charge < -0.3 is 18.4 Å². The minimum absolute atomic E-state index is 0.439. The van der Waals surface area contributed by atoms with E-state index >= 15 is 0 Å². The number of hydrogen-bond acceptors (Lipinski definition) is 5. The smallest absolute Gasteiger partial charge is 0.200 e. The van der Waals surface area contributed by atoms with Crippen molar-refractivity contribution in [1.29, 1.82) is 0 Å². The van der Waals surface area contributed by atoms with Crippen LogP contribution >= 0.6 is 0 Å². The minimum atomic E-state index is -1.11. The van der Waals surface area contributed by atoms with E-state index in [-0.39, 0.29) is 0 Å². The molecule has 3 aromatic carbocycles. The highest BCUT2D eigenvalue weighted by atomic mass is 32.2. The molecule has 1 heterocycles. The van der Waals surface area contributed by atoms with Gasteiger partial charge in [0.05, 0.1) is 20.6 Å². The summed E-state index contributed by atoms with van der Waals surface area (Å²) in [7, 11) is 3.27. The number of oxazole rings is 1. The van der Waals surface area contributed by atoms with E-state index in [0.29, 0.717) is 23.8 Å². The van der Waals surface area contributed by atoms with Gasteiger partial charge in [-0.3, -0.25) is 0 Å². The molecular weight excluding hydrogens is 410 g/mol. The molecule has 5 nitrogen and oxygen atoms in total. The number of ether oxygens (including phenoxy) is 2. The van der Waals surface area contributed by atoms with E-state index < -0.39 is 11.2 Å². The Kier molecular flexibility index (Phi) is 6.60. The summed E-state index contributed by atoms with van der Waals surface area (Å²) in [5.41, 5.74) is 2.56. The van der Waals surface area contributed by atoms with Gasteiger partial charge in [-0.2, -0.15) is 0 Å². The molecule has 1 aromatic heterocycles. The molecule has 0 spiro atoms. The number of hydrogen-bond donors (Lipinski definition) is 0. The van der Waals surface area contributed by atoms with Crippen LogP contribution in [0, 0.1) is 0 Å². The van der Waals surface area contributed by atoms with Gasteiger partial charge in [0.2, 0.25) is 0 Å². The van der Waals surface area contributed by atoms with Crippen molar-refractivity contribution in [3.63, 3.8) is 0 Å². The monoisotopic (exact) mass is 433 g/mol. The molecule has 0 N–H and O–H groups in total. The van der Waals surface area contributed by atoms with E-state index in [1.54, 1.807) is 14.2 Å². The third kappa shape index (κ3) is 4.93. The van der Waals surface area contributed by atoms with Crippen molar-refractivity contribution in [3.05, 3.63) is 84.8 Å². The number of nitrogens with zero attached hydrogens (tertiary/aromatic N) is 1. The molecule has 0 saturated carbocycles. The molecule has 31 heavy (non-hydrogen) atoms. The lowest BCUT2D eigenvalue weighted by Gasteiger charge is -2.08. The molecule has 0 bridgehead atoms. The average molecular weight is 434 g/mol. The summed E-state index contributed by atoms with van der Waals surface area (Å²) in [5.74, 6) is 3.22. The molecule has 4 rings (SSSR count). The van der Waals surface area contributed by atoms with Crippen LogP contribution in [0.4, 0.5) is 0 Å². The molecule has 6 heteroatoms. The highest BCUT2D eigenvalue weighted by molar-refractivity contribution is 7.91. The van der Waals surface area contributed by atoms with Crippen LogP contribution in [0.25, 0.3) is 22.6 Å². The summed E-state index contributed by atoms with van der Waals surface area (Å²) < 4.78 is 29.3. The Bertz CT molecular complexity index is 1040. The molecule has 0 amide bonds. The quantitative estimate of drug-likeness (QED) is 0.349. The van der Waals surface area contributed by atoms with Crippen LogP contribution in [0.5, 0.6) is 11.5 Å². The first-order chi connectivity index (χ1) is 15.2. The van der Waals surface area contributed by atoms with Gasteiger partial charge in [-0.05, 0) is 71.8 Å². The van der Waals surface area contributed by atoms with E-state index in [4.69, 9.17) is 18.9 Å². The van der Waals surface area contributed by atoms with E-state index in [0.717, 1.165) is 33.2 Å². The van der Waals surface area contributed by atoms with Crippen LogP contribution in [0.1, 0.15) is 5.89 Å². The van der Waals surface area contributed by atoms with Crippen molar-refractivity contribution in [1.82, 2.24) is 4.98 Å². The van der Waals surface area contributed by atoms with Crippen molar-refractivity contribution in [3.8, 4) is 34.1 Å². The van der Waals surface area contributed by atoms with Crippen molar-refractivity contribution in [2.75, 3.05) is 20.0 Å². The third-order valence-electron chi connectivity index (χ3n) is 4.89. The molecule has 0 saturated heterocycles. The van der Waals surface area contributed by atoms with Crippen LogP contribution in [-0.2, 0) is 17.6 Å². The highest BCUT2D eigenvalue weighted by Crippen LogP contribution is 2.34. The van der Waals surface area contributed by atoms with Crippen molar-refractivity contribution in [2.45, 2.75) is 11.3 Å². The number of aryl methyl sites for hydroxylation is 1. The first kappa shape index (κ1) is 21.0. The summed E-state index contributed by atoms with van der Waals surface area (Å²) in [6.45, 7) is 0. The Morgan fingerprint density at radius 3 is 1.97 bits per heavy atom. The standard InChI is InChI=1S/C25H23NO4S/c1-28-20-12-8-18(9-13-20)24-25(19-10-14-21(29-2)15-11-19)30-23(26-24)16-17-31(27)22-6-4-3-5-7-22/h3-15H,16-17H2,1-2H3. The van der Waals surface area contributed by atoms with Gasteiger partial charge in [0.25, 0.3) is 0 Å². The second-order valence-corrected chi connectivity index (χ2v) is 8.43. The molecular formula is C25H23NO4S. The van der Waals surface area contributed by atoms with E-state index in [1.807, 2.05) is 78.9 Å². The second kappa shape index (κ2) is 9.73. The van der Waals surface area contributed by atoms with Gasteiger partial charge in [-0.1, -0.05) is 18.2 Å². The van der Waals surface area contributed by atoms with Gasteiger partial charge in [0.15, 0.2) is 16.5 Å². The molecule has 0 aliphatic heterocycles. The molecule has 1 unspecified atom stereocenters. The Morgan fingerprint density at radius 1 is 0.806 bits per heavy atom. The number of methoxy groups -OCH3 is 2. The van der Waals surface area contributed by atoms with Crippen molar-refractivity contribution >= 4 is 11.2 Å². The normalized spacial score (nSPS) is 11.8. The minimum Gasteiger partial charge on any atom is -0.611 e. The third-order valence-corrected chi connectivity index (χ3v) is 6.27. The number of aromatic nitrogens is 1. The Hall–Kier alpha value is -3.22. The summed E-state index contributed by atoms with van der Waals surface area (Å²) in [5, 5.41) is 0. The van der Waals surface area contributed by atoms with Gasteiger partial charge in [-0.25, -0.2) is 4.98 Å². The lowest BCUT2D eigenvalue weighted by atomic mass is 10.1. The fourth-order valence-corrected chi connectivity index (χ4v) is 4.28. The lowest BCUT2D eigenvalue weighted by Crippen LogP contribution is -2.09. The van der Waals surface area contributed by atoms with Gasteiger partial charge in [0, 0.05) is 11.1 Å². The maximum Gasteiger partial charge on any atom is 0.200 e. The number of benzene rings is 3. The Morgan fingerprint density at radius 2 is 1.39 bits per heavy atom. The van der Waals surface area contributed by atoms with Gasteiger partial charge in [-0.15, -0.1) is 0 Å². The largest absolute Gasteiger partial charge is 0.611 e. The Labute approximate surface area is 184 Å². The number of rotatable bonds is 8. The topological polar surface area (TPSA) is 67.5 Å². The van der Waals surface area contributed by atoms with Crippen LogP contribution < -0.4 is 9.47 Å². The summed E-state index contributed by atoms with van der Waals surface area (Å²) >= 11 is -1.11. The van der Waals surface area contributed by atoms with Crippen LogP contribution in [0.15, 0.2) is 88.2 Å². The molecule has 158 valence electrons. The highest BCUT2D eigenvalue weighted by Gasteiger charge is 2.19. The SMILES string of the molecule is COc1ccc(-c2nc(CC[S+]([O-])c3ccccc3)oc2-c2ccc(OC)cc2)cc1. The maximum atomic E-state index is 12.6. The molecule has 4 aromatic rings. The zero-order chi connectivity index (χ0) is 21.6. The van der Waals surface area contributed by atoms with Gasteiger partial charge >= 0.3 is 0 Å². The fourth-order valence-electron chi connectivity index (χ4n) is 3.22. The van der Waals surface area contributed by atoms with Gasteiger partial charge in [0.1, 0.15) is 22.9 Å². The fraction of sp³-hybridized carbons (Fsp3) is 0.160. The van der Waals surface area contributed by atoms with Crippen LogP contribution in [-0.4, -0.2) is 29.5 Å². The average Bonchev–Trinajstić information content (AvgIpc) is 3.27. The zero-order valence-electron chi connectivity index (χ0n) is 17.4. The predicted molar refractivity (Wildman–Crippen MR) is 122 cm³/mol. The first-order valence-electron chi connectivity index (χ1n) is 9.90. The predicted octanol–water partition coefficient (Wildman–Crippen LogP) is 5.38. The second-order valence-electron chi connectivity index (χ2n) is 6.86. The molecule has 0 aliphatic carbocycles. The summed E-state index contributed by atoms with van der Waals surface area (Å²) in [4.78, 5) is 5.55. The van der Waals surface area contributed by atoms with E-state index in [9.17, 15) is 4.55 Å². The van der Waals surface area contributed by atoms with Crippen molar-refractivity contribution < 1.29 is 18.4 Å². The zero-order valence-corrected chi connectivity index (χ0v) is 18.2. The lowest BCUT2D eigenvalue weighted by molar-refractivity contribution is 0.414. The van der Waals surface area contributed by atoms with Crippen LogP contribution in [0.3, 0.4) is 0 Å². The molecule has 0 radical (unpaired) electrons. The van der Waals surface area contributed by atoms with Crippen molar-refractivity contribution in [2.24, 2.45) is 0 Å². The first-order valence-corrected chi connectivity index (χ1v) is 11.2. The van der Waals surface area contributed by atoms with E-state index in [1.165, 1.54) is 0 Å². The summed E-state index contributed by atoms with van der Waals surface area (Å²) in [6, 6.07) is 24.8. The van der Waals surface area contributed by atoms with E-state index in [2.05, 4.69) is 0 Å². The maximum absolute atomic E-state index is 12.6. The summed E-state index contributed by atoms with van der Waals surface area (Å²) in [6.07, 6.45) is 0.473. The van der Waals surface area contributed by atoms with Crippen LogP contribution in [0.2, 0.25) is 0 Å². The Balaban J connectivity index is 1.64. The molecule has 1 atom stereocenters. The molecule has 0 fully saturated rings. The molecule has 0 aliphatic rings.